The average molecular weight is 715 g/mol. The van der Waals surface area contributed by atoms with Gasteiger partial charge in [0.25, 0.3) is 0 Å². The van der Waals surface area contributed by atoms with Crippen LogP contribution in [0.15, 0.2) is 202 Å². The molecule has 8 rings (SSSR count). The van der Waals surface area contributed by atoms with Crippen molar-refractivity contribution in [2.75, 3.05) is 0 Å². The minimum Gasteiger partial charge on any atom is -0.265 e. The van der Waals surface area contributed by atoms with Crippen molar-refractivity contribution in [1.82, 2.24) is 39.9 Å². The van der Waals surface area contributed by atoms with Crippen LogP contribution in [0.2, 0.25) is 0 Å². The number of aromatic nitrogens is 8. The van der Waals surface area contributed by atoms with E-state index in [0.29, 0.717) is 0 Å². The van der Waals surface area contributed by atoms with Crippen LogP contribution in [0.3, 0.4) is 0 Å². The van der Waals surface area contributed by atoms with E-state index < -0.39 is 0 Å². The molecule has 8 heteroatoms. The second-order valence-electron chi connectivity index (χ2n) is 11.3. The highest BCUT2D eigenvalue weighted by Gasteiger charge is 1.93. The highest BCUT2D eigenvalue weighted by atomic mass is 14.6. The lowest BCUT2D eigenvalue weighted by atomic mass is 10.1. The van der Waals surface area contributed by atoms with Crippen molar-refractivity contribution in [2.24, 2.45) is 0 Å². The van der Waals surface area contributed by atoms with Crippen LogP contribution < -0.4 is 0 Å². The Hall–Kier alpha value is -7.80. The number of hydrogen-bond acceptors (Lipinski definition) is 8. The van der Waals surface area contributed by atoms with Gasteiger partial charge in [-0.1, -0.05) is 24.3 Å². The molecule has 0 aliphatic carbocycles. The summed E-state index contributed by atoms with van der Waals surface area (Å²) in [6, 6.07) is 31.4. The molecule has 0 saturated carbocycles. The van der Waals surface area contributed by atoms with Crippen molar-refractivity contribution >= 4 is 36.5 Å². The van der Waals surface area contributed by atoms with Gasteiger partial charge in [-0.15, -0.1) is 5.73 Å². The Balaban J connectivity index is 0.000000141. The Morgan fingerprint density at radius 1 is 0.236 bits per heavy atom. The van der Waals surface area contributed by atoms with Gasteiger partial charge in [0, 0.05) is 99.1 Å². The van der Waals surface area contributed by atoms with Crippen molar-refractivity contribution in [2.45, 2.75) is 0 Å². The van der Waals surface area contributed by atoms with Crippen LogP contribution in [0.4, 0.5) is 0 Å². The van der Waals surface area contributed by atoms with Gasteiger partial charge in [0.15, 0.2) is 0 Å². The van der Waals surface area contributed by atoms with Gasteiger partial charge < -0.3 is 0 Å². The predicted octanol–water partition coefficient (Wildman–Crippen LogP) is 10.2. The number of pyridine rings is 8. The van der Waals surface area contributed by atoms with Gasteiger partial charge >= 0.3 is 0 Å². The fourth-order valence-corrected chi connectivity index (χ4v) is 4.53. The lowest BCUT2D eigenvalue weighted by Gasteiger charge is -1.97. The van der Waals surface area contributed by atoms with Crippen LogP contribution in [0.5, 0.6) is 0 Å². The Kier molecular flexibility index (Phi) is 16.5. The average Bonchev–Trinajstić information content (AvgIpc) is 3.28. The van der Waals surface area contributed by atoms with E-state index in [1.165, 1.54) is 11.1 Å². The van der Waals surface area contributed by atoms with Crippen molar-refractivity contribution in [3.63, 3.8) is 0 Å². The van der Waals surface area contributed by atoms with E-state index >= 15 is 0 Å². The molecule has 8 nitrogen and oxygen atoms in total. The first-order valence-electron chi connectivity index (χ1n) is 17.3. The normalized spacial score (nSPS) is 9.96. The minimum absolute atomic E-state index is 1.09. The first-order valence-corrected chi connectivity index (χ1v) is 17.3. The molecular formula is C47H38N8. The fraction of sp³-hybridized carbons (Fsp3) is 0. The summed E-state index contributed by atoms with van der Waals surface area (Å²) in [5.74, 6) is 0. The van der Waals surface area contributed by atoms with Gasteiger partial charge in [-0.2, -0.15) is 0 Å². The van der Waals surface area contributed by atoms with Crippen molar-refractivity contribution in [1.29, 1.82) is 0 Å². The Morgan fingerprint density at radius 3 is 0.636 bits per heavy atom. The van der Waals surface area contributed by atoms with Crippen LogP contribution in [-0.4, -0.2) is 39.9 Å². The molecule has 0 aromatic carbocycles. The number of rotatable bonds is 7. The summed E-state index contributed by atoms with van der Waals surface area (Å²) in [6.07, 6.45) is 40.5. The fourth-order valence-electron chi connectivity index (χ4n) is 4.53. The zero-order valence-electron chi connectivity index (χ0n) is 30.0. The summed E-state index contributed by atoms with van der Waals surface area (Å²) in [6.45, 7) is 0. The lowest BCUT2D eigenvalue weighted by Crippen LogP contribution is -1.77. The Morgan fingerprint density at radius 2 is 0.418 bits per heavy atom. The summed E-state index contributed by atoms with van der Waals surface area (Å²) >= 11 is 0. The second kappa shape index (κ2) is 23.6. The zero-order valence-corrected chi connectivity index (χ0v) is 30.0. The molecule has 0 amide bonds. The minimum atomic E-state index is 1.09. The molecule has 0 radical (unpaired) electrons. The molecule has 8 aromatic heterocycles. The Bertz CT molecular complexity index is 2050. The molecule has 0 atom stereocenters. The highest BCUT2D eigenvalue weighted by molar-refractivity contribution is 5.69. The number of nitrogens with zero attached hydrogens (tertiary/aromatic N) is 8. The maximum atomic E-state index is 3.96. The van der Waals surface area contributed by atoms with Crippen molar-refractivity contribution in [3.8, 4) is 11.1 Å². The predicted molar refractivity (Wildman–Crippen MR) is 223 cm³/mol. The molecule has 0 bridgehead atoms. The first-order chi connectivity index (χ1) is 27.3. The zero-order chi connectivity index (χ0) is 37.9. The van der Waals surface area contributed by atoms with Crippen LogP contribution >= 0.6 is 0 Å². The van der Waals surface area contributed by atoms with E-state index in [-0.39, 0.29) is 0 Å². The van der Waals surface area contributed by atoms with Gasteiger partial charge in [-0.25, -0.2) is 0 Å². The monoisotopic (exact) mass is 714 g/mol. The highest BCUT2D eigenvalue weighted by Crippen LogP contribution is 2.15. The standard InChI is InChI=1S/C13H10N2.2C12H10N2.C10H8N2/c1(2-12-4-8-14-9-5-12)3-13-6-10-15-11-7-13;2*1(11-3-7-13-8-4-11)2-12-5-9-14-10-6-12;1-5-11-6-2-9(1)10-3-7-12-8-4-10/h2-11H;2*1-10H;1-8H/b;2*2-1+;. The van der Waals surface area contributed by atoms with Crippen LogP contribution in [0.25, 0.3) is 47.6 Å². The van der Waals surface area contributed by atoms with Gasteiger partial charge in [0.2, 0.25) is 0 Å². The summed E-state index contributed by atoms with van der Waals surface area (Å²) in [5, 5.41) is 0. The largest absolute Gasteiger partial charge is 0.265 e. The molecule has 55 heavy (non-hydrogen) atoms. The molecule has 8 aromatic rings. The summed E-state index contributed by atoms with van der Waals surface area (Å²) < 4.78 is 0. The molecule has 0 unspecified atom stereocenters. The molecule has 0 aliphatic heterocycles. The third kappa shape index (κ3) is 15.5. The second-order valence-corrected chi connectivity index (χ2v) is 11.3. The third-order valence-electron chi connectivity index (χ3n) is 7.37. The van der Waals surface area contributed by atoms with E-state index in [1.807, 2.05) is 109 Å². The van der Waals surface area contributed by atoms with Gasteiger partial charge in [0.1, 0.15) is 0 Å². The lowest BCUT2D eigenvalue weighted by molar-refractivity contribution is 1.31. The van der Waals surface area contributed by atoms with Crippen molar-refractivity contribution in [3.05, 3.63) is 235 Å². The first kappa shape index (κ1) is 38.4. The molecule has 0 fully saturated rings. The van der Waals surface area contributed by atoms with E-state index in [2.05, 4.69) is 69.9 Å². The molecule has 0 spiro atoms. The van der Waals surface area contributed by atoms with E-state index in [4.69, 9.17) is 0 Å². The summed E-state index contributed by atoms with van der Waals surface area (Å²) in [4.78, 5) is 31.6. The van der Waals surface area contributed by atoms with Gasteiger partial charge in [0.05, 0.1) is 0 Å². The van der Waals surface area contributed by atoms with E-state index in [1.54, 1.807) is 99.1 Å². The van der Waals surface area contributed by atoms with E-state index in [9.17, 15) is 0 Å². The maximum absolute atomic E-state index is 3.96. The third-order valence-corrected chi connectivity index (χ3v) is 7.37. The van der Waals surface area contributed by atoms with Crippen LogP contribution in [-0.2, 0) is 0 Å². The molecule has 0 saturated heterocycles. The number of hydrogen-bond donors (Lipinski definition) is 0. The molecule has 8 heterocycles. The van der Waals surface area contributed by atoms with Crippen molar-refractivity contribution < 1.29 is 0 Å². The quantitative estimate of drug-likeness (QED) is 0.150. The maximum Gasteiger partial charge on any atom is 0.0273 e. The molecule has 0 N–H and O–H groups in total. The molecular weight excluding hydrogens is 677 g/mol. The summed E-state index contributed by atoms with van der Waals surface area (Å²) in [5.41, 5.74) is 12.2. The molecule has 0 aliphatic rings. The summed E-state index contributed by atoms with van der Waals surface area (Å²) in [7, 11) is 0. The Labute approximate surface area is 321 Å². The van der Waals surface area contributed by atoms with Crippen LogP contribution in [0.1, 0.15) is 33.4 Å². The van der Waals surface area contributed by atoms with Gasteiger partial charge in [-0.3, -0.25) is 39.9 Å². The smallest absolute Gasteiger partial charge is 0.0273 e. The SMILES string of the molecule is C(=C\c1ccncc1)/c1ccncc1.C(=C\c1ccncc1)/c1ccncc1.C(=Cc1ccncc1)=Cc1ccncc1.c1cc(-c2ccncc2)ccn1. The topological polar surface area (TPSA) is 103 Å². The molecule has 266 valence electrons. The van der Waals surface area contributed by atoms with Gasteiger partial charge in [-0.05, 0) is 154 Å². The van der Waals surface area contributed by atoms with Crippen LogP contribution in [0, 0.1) is 0 Å². The van der Waals surface area contributed by atoms with E-state index in [0.717, 1.165) is 33.4 Å².